The van der Waals surface area contributed by atoms with Crippen LogP contribution in [0.25, 0.3) is 11.6 Å². The topological polar surface area (TPSA) is 86.7 Å². The monoisotopic (exact) mass is 556 g/mol. The van der Waals surface area contributed by atoms with Crippen LogP contribution in [0, 0.1) is 5.41 Å². The number of halogens is 1. The molecule has 7 heteroatoms. The van der Waals surface area contributed by atoms with E-state index in [0.29, 0.717) is 27.4 Å². The van der Waals surface area contributed by atoms with E-state index in [1.165, 1.54) is 0 Å². The molecule has 3 heterocycles. The van der Waals surface area contributed by atoms with Crippen molar-refractivity contribution in [3.63, 3.8) is 0 Å². The molecule has 41 heavy (non-hydrogen) atoms. The van der Waals surface area contributed by atoms with Crippen LogP contribution in [-0.4, -0.2) is 27.5 Å². The number of nitrogens with zero attached hydrogens (tertiary/aromatic N) is 1. The molecule has 4 aliphatic rings. The maximum Gasteiger partial charge on any atom is 0.258 e. The highest BCUT2D eigenvalue weighted by molar-refractivity contribution is 6.36. The number of anilines is 1. The molecule has 198 valence electrons. The summed E-state index contributed by atoms with van der Waals surface area (Å²) in [6, 6.07) is 27.0. The molecule has 2 unspecified atom stereocenters. The molecular formula is C34H21ClN2O4. The lowest BCUT2D eigenvalue weighted by molar-refractivity contribution is -0.111. The van der Waals surface area contributed by atoms with Gasteiger partial charge >= 0.3 is 0 Å². The molecule has 8 rings (SSSR count). The SMILES string of the molecule is O=C1Nc2ccc(Cl)cc2/C1=C1\N2C=Cc3ccccc3C2C2(C(=O)c3ccccc3C2=O)C1(O)c1ccccc1. The minimum atomic E-state index is -2.23. The van der Waals surface area contributed by atoms with E-state index >= 15 is 0 Å². The first-order chi connectivity index (χ1) is 19.9. The Morgan fingerprint density at radius 3 is 2.17 bits per heavy atom. The second kappa shape index (κ2) is 8.13. The molecule has 1 aliphatic carbocycles. The third-order valence-electron chi connectivity index (χ3n) is 8.85. The summed E-state index contributed by atoms with van der Waals surface area (Å²) in [7, 11) is 0. The predicted molar refractivity (Wildman–Crippen MR) is 155 cm³/mol. The minimum absolute atomic E-state index is 0.160. The van der Waals surface area contributed by atoms with Gasteiger partial charge in [-0.3, -0.25) is 14.4 Å². The van der Waals surface area contributed by atoms with Gasteiger partial charge in [0.2, 0.25) is 0 Å². The van der Waals surface area contributed by atoms with Crippen molar-refractivity contribution in [3.8, 4) is 0 Å². The fourth-order valence-corrected chi connectivity index (χ4v) is 7.41. The van der Waals surface area contributed by atoms with Gasteiger partial charge in [0.25, 0.3) is 5.91 Å². The van der Waals surface area contributed by atoms with E-state index in [9.17, 15) is 19.5 Å². The second-order valence-corrected chi connectivity index (χ2v) is 11.1. The highest BCUT2D eigenvalue weighted by Crippen LogP contribution is 2.69. The summed E-state index contributed by atoms with van der Waals surface area (Å²) in [5.41, 5.74) is -0.537. The Bertz CT molecular complexity index is 1890. The summed E-state index contributed by atoms with van der Waals surface area (Å²) in [6.07, 6.45) is 3.64. The van der Waals surface area contributed by atoms with Crippen molar-refractivity contribution >= 4 is 46.4 Å². The zero-order chi connectivity index (χ0) is 28.1. The molecule has 6 nitrogen and oxygen atoms in total. The van der Waals surface area contributed by atoms with Gasteiger partial charge in [-0.05, 0) is 41.0 Å². The van der Waals surface area contributed by atoms with Crippen molar-refractivity contribution in [1.82, 2.24) is 4.90 Å². The largest absolute Gasteiger partial charge is 0.377 e. The fraction of sp³-hybridized carbons (Fsp3) is 0.0882. The number of carbonyl (C=O) groups is 3. The van der Waals surface area contributed by atoms with Gasteiger partial charge in [-0.15, -0.1) is 0 Å². The Morgan fingerprint density at radius 2 is 1.44 bits per heavy atom. The van der Waals surface area contributed by atoms with Crippen LogP contribution in [0.1, 0.15) is 49.0 Å². The number of nitrogens with one attached hydrogen (secondary N) is 1. The first-order valence-corrected chi connectivity index (χ1v) is 13.6. The van der Waals surface area contributed by atoms with Crippen molar-refractivity contribution in [3.05, 3.63) is 147 Å². The number of carbonyl (C=O) groups excluding carboxylic acids is 3. The highest BCUT2D eigenvalue weighted by atomic mass is 35.5. The molecule has 3 aliphatic heterocycles. The maximum atomic E-state index is 14.9. The number of hydrogen-bond acceptors (Lipinski definition) is 5. The van der Waals surface area contributed by atoms with Crippen LogP contribution in [-0.2, 0) is 10.4 Å². The number of ketones is 2. The zero-order valence-electron chi connectivity index (χ0n) is 21.5. The molecule has 0 bridgehead atoms. The van der Waals surface area contributed by atoms with Gasteiger partial charge in [0.1, 0.15) is 0 Å². The lowest BCUT2D eigenvalue weighted by Crippen LogP contribution is -2.53. The van der Waals surface area contributed by atoms with Gasteiger partial charge in [0, 0.05) is 33.6 Å². The highest BCUT2D eigenvalue weighted by Gasteiger charge is 2.77. The van der Waals surface area contributed by atoms with E-state index < -0.39 is 34.5 Å². The molecule has 4 aromatic rings. The van der Waals surface area contributed by atoms with E-state index in [0.717, 1.165) is 5.56 Å². The summed E-state index contributed by atoms with van der Waals surface area (Å²) in [6.45, 7) is 0. The van der Waals surface area contributed by atoms with Crippen molar-refractivity contribution in [2.45, 2.75) is 11.6 Å². The molecule has 1 amide bonds. The second-order valence-electron chi connectivity index (χ2n) is 10.7. The van der Waals surface area contributed by atoms with Crippen LogP contribution in [0.15, 0.2) is 109 Å². The fourth-order valence-electron chi connectivity index (χ4n) is 7.24. The van der Waals surface area contributed by atoms with Crippen molar-refractivity contribution in [2.75, 3.05) is 5.32 Å². The van der Waals surface area contributed by atoms with Gasteiger partial charge in [-0.1, -0.05) is 90.5 Å². The van der Waals surface area contributed by atoms with E-state index in [1.54, 1.807) is 83.9 Å². The number of hydrogen-bond donors (Lipinski definition) is 2. The minimum Gasteiger partial charge on any atom is -0.377 e. The number of fused-ring (bicyclic) bond motifs is 6. The Labute approximate surface area is 240 Å². The van der Waals surface area contributed by atoms with E-state index in [1.807, 2.05) is 30.3 Å². The van der Waals surface area contributed by atoms with Gasteiger partial charge in [0.15, 0.2) is 22.6 Å². The molecule has 1 spiro atoms. The first-order valence-electron chi connectivity index (χ1n) is 13.3. The predicted octanol–water partition coefficient (Wildman–Crippen LogP) is 6.00. The Morgan fingerprint density at radius 1 is 0.780 bits per heavy atom. The average molecular weight is 557 g/mol. The Kier molecular flexibility index (Phi) is 4.77. The number of Topliss-reactive ketones (excluding diaryl/α,β-unsaturated/α-hetero) is 2. The standard InChI is InChI=1S/C34H21ClN2O4/c35-21-14-15-26-25(18-21)27(32(40)36-26)29-34(41,20-9-2-1-3-10-20)33(30(38)23-12-6-7-13-24(23)31(33)39)28-22-11-5-4-8-19(22)16-17-37(28)29/h1-18,28,41H,(H,36,40)/b29-27+. The smallest absolute Gasteiger partial charge is 0.258 e. The maximum absolute atomic E-state index is 14.9. The van der Waals surface area contributed by atoms with Crippen molar-refractivity contribution < 1.29 is 19.5 Å². The molecule has 1 saturated heterocycles. The third-order valence-corrected chi connectivity index (χ3v) is 9.09. The van der Waals surface area contributed by atoms with Gasteiger partial charge in [-0.25, -0.2) is 0 Å². The van der Waals surface area contributed by atoms with Gasteiger partial charge < -0.3 is 15.3 Å². The molecular weight excluding hydrogens is 536 g/mol. The lowest BCUT2D eigenvalue weighted by atomic mass is 9.60. The molecule has 1 fully saturated rings. The molecule has 4 aromatic carbocycles. The summed E-state index contributed by atoms with van der Waals surface area (Å²) in [5.74, 6) is -1.42. The molecule has 0 saturated carbocycles. The van der Waals surface area contributed by atoms with E-state index in [4.69, 9.17) is 11.6 Å². The summed E-state index contributed by atoms with van der Waals surface area (Å²) in [4.78, 5) is 45.3. The van der Waals surface area contributed by atoms with Crippen LogP contribution < -0.4 is 5.32 Å². The summed E-state index contributed by atoms with van der Waals surface area (Å²) in [5, 5.41) is 16.7. The average Bonchev–Trinajstić information content (AvgIpc) is 3.53. The van der Waals surface area contributed by atoms with Crippen LogP contribution in [0.5, 0.6) is 0 Å². The molecule has 2 N–H and O–H groups in total. The van der Waals surface area contributed by atoms with Gasteiger partial charge in [-0.2, -0.15) is 0 Å². The van der Waals surface area contributed by atoms with Crippen molar-refractivity contribution in [1.29, 1.82) is 0 Å². The van der Waals surface area contributed by atoms with E-state index in [-0.39, 0.29) is 22.4 Å². The lowest BCUT2D eigenvalue weighted by Gasteiger charge is -2.40. The van der Waals surface area contributed by atoms with Crippen LogP contribution >= 0.6 is 11.6 Å². The number of amides is 1. The molecule has 2 atom stereocenters. The van der Waals surface area contributed by atoms with Gasteiger partial charge in [0.05, 0.1) is 17.3 Å². The Balaban J connectivity index is 1.57. The molecule has 0 radical (unpaired) electrons. The first kappa shape index (κ1) is 24.1. The number of rotatable bonds is 1. The Hall–Kier alpha value is -4.78. The number of benzene rings is 4. The van der Waals surface area contributed by atoms with Crippen LogP contribution in [0.3, 0.4) is 0 Å². The summed E-state index contributed by atoms with van der Waals surface area (Å²) < 4.78 is 0. The molecule has 0 aromatic heterocycles. The van der Waals surface area contributed by atoms with Crippen LogP contribution in [0.4, 0.5) is 5.69 Å². The normalized spacial score (nSPS) is 24.8. The zero-order valence-corrected chi connectivity index (χ0v) is 22.2. The van der Waals surface area contributed by atoms with Crippen LogP contribution in [0.2, 0.25) is 5.02 Å². The number of aliphatic hydroxyl groups is 1. The third kappa shape index (κ3) is 2.78. The summed E-state index contributed by atoms with van der Waals surface area (Å²) >= 11 is 6.40. The van der Waals surface area contributed by atoms with Crippen molar-refractivity contribution in [2.24, 2.45) is 5.41 Å². The quantitative estimate of drug-likeness (QED) is 0.222. The van der Waals surface area contributed by atoms with E-state index in [2.05, 4.69) is 5.32 Å².